The van der Waals surface area contributed by atoms with Crippen LogP contribution in [0.3, 0.4) is 0 Å². The standard InChI is InChI=1S/C12H14ClFN2O4S/c13-9-5-10(14)8(4-11(9)21(15,18)19)12(17)16-7-2-1-3-20-6-7/h4-5,7H,1-3,6H2,(H,16,17)(H2,15,18,19). The molecule has 1 aromatic rings. The molecule has 0 spiro atoms. The van der Waals surface area contributed by atoms with Crippen molar-refractivity contribution < 1.29 is 22.3 Å². The first-order valence-electron chi connectivity index (χ1n) is 6.19. The maximum Gasteiger partial charge on any atom is 0.254 e. The summed E-state index contributed by atoms with van der Waals surface area (Å²) in [7, 11) is -4.14. The summed E-state index contributed by atoms with van der Waals surface area (Å²) < 4.78 is 41.7. The topological polar surface area (TPSA) is 98.5 Å². The number of nitrogens with one attached hydrogen (secondary N) is 1. The van der Waals surface area contributed by atoms with Crippen molar-refractivity contribution in [1.29, 1.82) is 0 Å². The predicted octanol–water partition coefficient (Wildman–Crippen LogP) is 1.04. The highest BCUT2D eigenvalue weighted by Crippen LogP contribution is 2.24. The monoisotopic (exact) mass is 336 g/mol. The minimum Gasteiger partial charge on any atom is -0.379 e. The highest BCUT2D eigenvalue weighted by atomic mass is 35.5. The molecule has 1 heterocycles. The van der Waals surface area contributed by atoms with Crippen LogP contribution in [0.4, 0.5) is 4.39 Å². The van der Waals surface area contributed by atoms with Crippen molar-refractivity contribution >= 4 is 27.5 Å². The minimum absolute atomic E-state index is 0.237. The second-order valence-corrected chi connectivity index (χ2v) is 6.63. The van der Waals surface area contributed by atoms with E-state index in [0.717, 1.165) is 18.6 Å². The van der Waals surface area contributed by atoms with Gasteiger partial charge < -0.3 is 10.1 Å². The van der Waals surface area contributed by atoms with Crippen molar-refractivity contribution in [3.05, 3.63) is 28.5 Å². The molecule has 2 rings (SSSR count). The molecule has 0 aliphatic carbocycles. The number of primary sulfonamides is 1. The van der Waals surface area contributed by atoms with Gasteiger partial charge in [-0.05, 0) is 25.0 Å². The van der Waals surface area contributed by atoms with Crippen molar-refractivity contribution in [3.63, 3.8) is 0 Å². The fraction of sp³-hybridized carbons (Fsp3) is 0.417. The van der Waals surface area contributed by atoms with Crippen LogP contribution in [-0.2, 0) is 14.8 Å². The number of carbonyl (C=O) groups excluding carboxylic acids is 1. The molecule has 6 nitrogen and oxygen atoms in total. The summed E-state index contributed by atoms with van der Waals surface area (Å²) in [6.45, 7) is 0.959. The third kappa shape index (κ3) is 3.91. The second-order valence-electron chi connectivity index (χ2n) is 4.70. The fourth-order valence-corrected chi connectivity index (χ4v) is 3.12. The molecular formula is C12H14ClFN2O4S. The molecule has 1 aliphatic heterocycles. The van der Waals surface area contributed by atoms with Crippen molar-refractivity contribution in [2.24, 2.45) is 5.14 Å². The molecule has 0 radical (unpaired) electrons. The highest BCUT2D eigenvalue weighted by Gasteiger charge is 2.23. The van der Waals surface area contributed by atoms with E-state index in [2.05, 4.69) is 5.32 Å². The summed E-state index contributed by atoms with van der Waals surface area (Å²) >= 11 is 5.63. The van der Waals surface area contributed by atoms with Crippen LogP contribution in [0.15, 0.2) is 17.0 Å². The maximum absolute atomic E-state index is 13.8. The van der Waals surface area contributed by atoms with E-state index in [4.69, 9.17) is 21.5 Å². The summed E-state index contributed by atoms with van der Waals surface area (Å²) in [6.07, 6.45) is 1.50. The lowest BCUT2D eigenvalue weighted by atomic mass is 10.1. The Morgan fingerprint density at radius 2 is 2.19 bits per heavy atom. The van der Waals surface area contributed by atoms with E-state index >= 15 is 0 Å². The zero-order valence-electron chi connectivity index (χ0n) is 10.9. The van der Waals surface area contributed by atoms with Gasteiger partial charge in [-0.15, -0.1) is 0 Å². The number of benzene rings is 1. The van der Waals surface area contributed by atoms with E-state index in [0.29, 0.717) is 19.6 Å². The number of hydrogen-bond acceptors (Lipinski definition) is 4. The average Bonchev–Trinajstić information content (AvgIpc) is 2.38. The van der Waals surface area contributed by atoms with E-state index in [9.17, 15) is 17.6 Å². The van der Waals surface area contributed by atoms with Crippen LogP contribution in [0.1, 0.15) is 23.2 Å². The number of halogens is 2. The van der Waals surface area contributed by atoms with Gasteiger partial charge in [-0.25, -0.2) is 17.9 Å². The van der Waals surface area contributed by atoms with Gasteiger partial charge in [0.05, 0.1) is 23.2 Å². The van der Waals surface area contributed by atoms with Crippen LogP contribution in [0.2, 0.25) is 5.02 Å². The van der Waals surface area contributed by atoms with E-state index in [-0.39, 0.29) is 11.1 Å². The summed E-state index contributed by atoms with van der Waals surface area (Å²) in [5, 5.41) is 7.20. The fourth-order valence-electron chi connectivity index (χ4n) is 2.04. The Kier molecular flexibility index (Phi) is 4.82. The highest BCUT2D eigenvalue weighted by molar-refractivity contribution is 7.89. The number of sulfonamides is 1. The predicted molar refractivity (Wildman–Crippen MR) is 74.1 cm³/mol. The quantitative estimate of drug-likeness (QED) is 0.861. The number of nitrogens with two attached hydrogens (primary N) is 1. The van der Waals surface area contributed by atoms with Crippen molar-refractivity contribution in [3.8, 4) is 0 Å². The molecular weight excluding hydrogens is 323 g/mol. The van der Waals surface area contributed by atoms with Crippen molar-refractivity contribution in [2.45, 2.75) is 23.8 Å². The first-order valence-corrected chi connectivity index (χ1v) is 8.12. The van der Waals surface area contributed by atoms with Crippen molar-refractivity contribution in [1.82, 2.24) is 5.32 Å². The van der Waals surface area contributed by atoms with Crippen molar-refractivity contribution in [2.75, 3.05) is 13.2 Å². The van der Waals surface area contributed by atoms with Gasteiger partial charge in [0.1, 0.15) is 10.7 Å². The molecule has 0 aromatic heterocycles. The minimum atomic E-state index is -4.14. The van der Waals surface area contributed by atoms with Gasteiger partial charge >= 0.3 is 0 Å². The van der Waals surface area contributed by atoms with Gasteiger partial charge in [-0.1, -0.05) is 11.6 Å². The van der Waals surface area contributed by atoms with Crippen LogP contribution >= 0.6 is 11.6 Å². The SMILES string of the molecule is NS(=O)(=O)c1cc(C(=O)NC2CCCOC2)c(F)cc1Cl. The Hall–Kier alpha value is -1.22. The summed E-state index contributed by atoms with van der Waals surface area (Å²) in [6, 6.07) is 1.36. The summed E-state index contributed by atoms with van der Waals surface area (Å²) in [5.74, 6) is -1.65. The molecule has 1 fully saturated rings. The normalized spacial score (nSPS) is 19.3. The van der Waals surface area contributed by atoms with E-state index in [1.54, 1.807) is 0 Å². The molecule has 3 N–H and O–H groups in total. The van der Waals surface area contributed by atoms with Crippen LogP contribution in [-0.4, -0.2) is 33.6 Å². The van der Waals surface area contributed by atoms with E-state index in [1.807, 2.05) is 0 Å². The van der Waals surface area contributed by atoms with Crippen LogP contribution < -0.4 is 10.5 Å². The Balaban J connectivity index is 2.28. The number of amides is 1. The zero-order valence-corrected chi connectivity index (χ0v) is 12.5. The smallest absolute Gasteiger partial charge is 0.254 e. The van der Waals surface area contributed by atoms with Gasteiger partial charge in [0, 0.05) is 6.61 Å². The summed E-state index contributed by atoms with van der Waals surface area (Å²) in [4.78, 5) is 11.5. The molecule has 1 aromatic carbocycles. The first kappa shape index (κ1) is 16.2. The second kappa shape index (κ2) is 6.27. The molecule has 116 valence electrons. The van der Waals surface area contributed by atoms with Gasteiger partial charge in [0.25, 0.3) is 5.91 Å². The molecule has 21 heavy (non-hydrogen) atoms. The van der Waals surface area contributed by atoms with Crippen LogP contribution in [0, 0.1) is 5.82 Å². The van der Waals surface area contributed by atoms with Gasteiger partial charge in [-0.3, -0.25) is 4.79 Å². The molecule has 0 saturated carbocycles. The first-order chi connectivity index (χ1) is 9.79. The Labute approximate surface area is 126 Å². The molecule has 0 bridgehead atoms. The van der Waals surface area contributed by atoms with Crippen LogP contribution in [0.25, 0.3) is 0 Å². The molecule has 9 heteroatoms. The largest absolute Gasteiger partial charge is 0.379 e. The lowest BCUT2D eigenvalue weighted by molar-refractivity contribution is 0.0622. The molecule has 1 atom stereocenters. The Morgan fingerprint density at radius 3 is 2.76 bits per heavy atom. The molecule has 1 unspecified atom stereocenters. The van der Waals surface area contributed by atoms with Gasteiger partial charge in [0.2, 0.25) is 10.0 Å². The van der Waals surface area contributed by atoms with E-state index in [1.165, 1.54) is 0 Å². The molecule has 1 saturated heterocycles. The zero-order chi connectivity index (χ0) is 15.6. The lowest BCUT2D eigenvalue weighted by Crippen LogP contribution is -2.41. The number of ether oxygens (including phenoxy) is 1. The molecule has 1 aliphatic rings. The third-order valence-corrected chi connectivity index (χ3v) is 4.44. The summed E-state index contributed by atoms with van der Waals surface area (Å²) in [5.41, 5.74) is -0.422. The number of hydrogen-bond donors (Lipinski definition) is 2. The number of rotatable bonds is 3. The Morgan fingerprint density at radius 1 is 1.48 bits per heavy atom. The Bertz CT molecular complexity index is 659. The third-order valence-electron chi connectivity index (χ3n) is 3.07. The number of carbonyl (C=O) groups is 1. The average molecular weight is 337 g/mol. The lowest BCUT2D eigenvalue weighted by Gasteiger charge is -2.23. The van der Waals surface area contributed by atoms with Gasteiger partial charge in [0.15, 0.2) is 0 Å². The van der Waals surface area contributed by atoms with Crippen LogP contribution in [0.5, 0.6) is 0 Å². The molecule has 1 amide bonds. The van der Waals surface area contributed by atoms with E-state index < -0.39 is 32.2 Å². The van der Waals surface area contributed by atoms with Gasteiger partial charge in [-0.2, -0.15) is 0 Å². The maximum atomic E-state index is 13.8.